The van der Waals surface area contributed by atoms with Crippen molar-refractivity contribution in [2.75, 3.05) is 19.6 Å². The summed E-state index contributed by atoms with van der Waals surface area (Å²) in [6.45, 7) is 5.17. The third-order valence-electron chi connectivity index (χ3n) is 4.21. The molecule has 0 bridgehead atoms. The van der Waals surface area contributed by atoms with E-state index in [2.05, 4.69) is 17.1 Å². The lowest BCUT2D eigenvalue weighted by Gasteiger charge is -2.39. The van der Waals surface area contributed by atoms with Crippen LogP contribution in [0.4, 0.5) is 0 Å². The molecular weight excluding hydrogens is 214 g/mol. The van der Waals surface area contributed by atoms with Crippen LogP contribution in [-0.4, -0.2) is 42.5 Å². The summed E-state index contributed by atoms with van der Waals surface area (Å²) >= 11 is 0. The van der Waals surface area contributed by atoms with E-state index in [0.717, 1.165) is 32.5 Å². The molecule has 0 aliphatic carbocycles. The molecule has 2 aliphatic heterocycles. The number of hydrogen-bond acceptors (Lipinski definition) is 3. The maximum absolute atomic E-state index is 11.6. The summed E-state index contributed by atoms with van der Waals surface area (Å²) in [4.78, 5) is 14.1. The van der Waals surface area contributed by atoms with Gasteiger partial charge in [-0.15, -0.1) is 0 Å². The molecule has 4 nitrogen and oxygen atoms in total. The van der Waals surface area contributed by atoms with Gasteiger partial charge in [0, 0.05) is 31.6 Å². The zero-order chi connectivity index (χ0) is 12.3. The number of likely N-dealkylation sites (tertiary alicyclic amines) is 1. The van der Waals surface area contributed by atoms with Crippen molar-refractivity contribution in [3.8, 4) is 0 Å². The van der Waals surface area contributed by atoms with E-state index in [-0.39, 0.29) is 11.9 Å². The van der Waals surface area contributed by atoms with Gasteiger partial charge in [-0.3, -0.25) is 9.69 Å². The molecule has 0 saturated carbocycles. The summed E-state index contributed by atoms with van der Waals surface area (Å²) in [5.41, 5.74) is 6.01. The average Bonchev–Trinajstić information content (AvgIpc) is 2.54. The molecule has 0 spiro atoms. The van der Waals surface area contributed by atoms with E-state index in [1.54, 1.807) is 0 Å². The van der Waals surface area contributed by atoms with Crippen LogP contribution >= 0.6 is 0 Å². The molecule has 2 heterocycles. The molecule has 1 amide bonds. The highest BCUT2D eigenvalue weighted by atomic mass is 16.1. The Morgan fingerprint density at radius 2 is 2.24 bits per heavy atom. The molecule has 0 aromatic heterocycles. The van der Waals surface area contributed by atoms with Crippen LogP contribution in [0.1, 0.15) is 39.0 Å². The largest absolute Gasteiger partial charge is 0.356 e. The van der Waals surface area contributed by atoms with Gasteiger partial charge in [0.15, 0.2) is 0 Å². The molecule has 2 fully saturated rings. The van der Waals surface area contributed by atoms with E-state index in [1.165, 1.54) is 12.8 Å². The second kappa shape index (κ2) is 5.83. The van der Waals surface area contributed by atoms with Crippen LogP contribution in [-0.2, 0) is 4.79 Å². The van der Waals surface area contributed by atoms with E-state index in [9.17, 15) is 4.79 Å². The number of nitrogens with zero attached hydrogens (tertiary/aromatic N) is 1. The lowest BCUT2D eigenvalue weighted by molar-refractivity contribution is -0.121. The Labute approximate surface area is 104 Å². The van der Waals surface area contributed by atoms with Crippen molar-refractivity contribution >= 4 is 5.91 Å². The van der Waals surface area contributed by atoms with Crippen molar-refractivity contribution in [3.05, 3.63) is 0 Å². The SMILES string of the molecule is CC(N)C1CCCN(C2CCCNC(=O)C2)C1. The first-order valence-electron chi connectivity index (χ1n) is 6.93. The number of piperidine rings is 1. The molecule has 17 heavy (non-hydrogen) atoms. The van der Waals surface area contributed by atoms with E-state index in [1.807, 2.05) is 0 Å². The van der Waals surface area contributed by atoms with Crippen LogP contribution in [0.15, 0.2) is 0 Å². The molecule has 0 aromatic rings. The van der Waals surface area contributed by atoms with E-state index < -0.39 is 0 Å². The summed E-state index contributed by atoms with van der Waals surface area (Å²) in [5, 5.41) is 2.96. The van der Waals surface area contributed by atoms with Gasteiger partial charge < -0.3 is 11.1 Å². The van der Waals surface area contributed by atoms with Crippen LogP contribution in [0.5, 0.6) is 0 Å². The molecule has 2 aliphatic rings. The van der Waals surface area contributed by atoms with Crippen molar-refractivity contribution in [3.63, 3.8) is 0 Å². The normalized spacial score (nSPS) is 33.9. The highest BCUT2D eigenvalue weighted by molar-refractivity contribution is 5.76. The molecule has 2 rings (SSSR count). The fourth-order valence-corrected chi connectivity index (χ4v) is 3.07. The molecule has 3 unspecified atom stereocenters. The van der Waals surface area contributed by atoms with Crippen LogP contribution in [0.25, 0.3) is 0 Å². The van der Waals surface area contributed by atoms with Gasteiger partial charge in [0.05, 0.1) is 0 Å². The van der Waals surface area contributed by atoms with Crippen LogP contribution in [0.2, 0.25) is 0 Å². The lowest BCUT2D eigenvalue weighted by atomic mass is 9.90. The number of nitrogens with one attached hydrogen (secondary N) is 1. The number of rotatable bonds is 2. The monoisotopic (exact) mass is 239 g/mol. The van der Waals surface area contributed by atoms with Crippen molar-refractivity contribution < 1.29 is 4.79 Å². The van der Waals surface area contributed by atoms with Crippen molar-refractivity contribution in [1.29, 1.82) is 0 Å². The Morgan fingerprint density at radius 1 is 1.41 bits per heavy atom. The number of hydrogen-bond donors (Lipinski definition) is 2. The molecule has 3 N–H and O–H groups in total. The molecular formula is C13H25N3O. The number of carbonyl (C=O) groups is 1. The van der Waals surface area contributed by atoms with Crippen molar-refractivity contribution in [1.82, 2.24) is 10.2 Å². The highest BCUT2D eigenvalue weighted by Gasteiger charge is 2.29. The predicted molar refractivity (Wildman–Crippen MR) is 68.6 cm³/mol. The zero-order valence-corrected chi connectivity index (χ0v) is 10.8. The fraction of sp³-hybridized carbons (Fsp3) is 0.923. The minimum Gasteiger partial charge on any atom is -0.356 e. The maximum Gasteiger partial charge on any atom is 0.221 e. The van der Waals surface area contributed by atoms with Gasteiger partial charge in [-0.25, -0.2) is 0 Å². The summed E-state index contributed by atoms with van der Waals surface area (Å²) in [6.07, 6.45) is 5.39. The summed E-state index contributed by atoms with van der Waals surface area (Å²) < 4.78 is 0. The predicted octanol–water partition coefficient (Wildman–Crippen LogP) is 0.714. The van der Waals surface area contributed by atoms with Gasteiger partial charge in [0.1, 0.15) is 0 Å². The van der Waals surface area contributed by atoms with Gasteiger partial charge in [-0.1, -0.05) is 0 Å². The van der Waals surface area contributed by atoms with Gasteiger partial charge in [-0.05, 0) is 45.1 Å². The zero-order valence-electron chi connectivity index (χ0n) is 10.8. The minimum atomic E-state index is 0.218. The Morgan fingerprint density at radius 3 is 3.00 bits per heavy atom. The van der Waals surface area contributed by atoms with Gasteiger partial charge in [0.25, 0.3) is 0 Å². The standard InChI is InChI=1S/C13H25N3O/c1-10(14)11-4-3-7-16(9-11)12-5-2-6-15-13(17)8-12/h10-12H,2-9,14H2,1H3,(H,15,17). The second-order valence-corrected chi connectivity index (χ2v) is 5.61. The first-order valence-corrected chi connectivity index (χ1v) is 6.93. The topological polar surface area (TPSA) is 58.4 Å². The fourth-order valence-electron chi connectivity index (χ4n) is 3.07. The summed E-state index contributed by atoms with van der Waals surface area (Å²) in [5.74, 6) is 0.825. The lowest BCUT2D eigenvalue weighted by Crippen LogP contribution is -2.47. The molecule has 4 heteroatoms. The first-order chi connectivity index (χ1) is 8.16. The van der Waals surface area contributed by atoms with Gasteiger partial charge >= 0.3 is 0 Å². The molecule has 3 atom stereocenters. The van der Waals surface area contributed by atoms with E-state index in [4.69, 9.17) is 5.73 Å². The third kappa shape index (κ3) is 3.42. The molecule has 0 radical (unpaired) electrons. The highest BCUT2D eigenvalue weighted by Crippen LogP contribution is 2.24. The Hall–Kier alpha value is -0.610. The number of carbonyl (C=O) groups excluding carboxylic acids is 1. The summed E-state index contributed by atoms with van der Waals surface area (Å²) in [7, 11) is 0. The molecule has 0 aromatic carbocycles. The van der Waals surface area contributed by atoms with Crippen molar-refractivity contribution in [2.45, 2.75) is 51.1 Å². The van der Waals surface area contributed by atoms with Crippen LogP contribution < -0.4 is 11.1 Å². The minimum absolute atomic E-state index is 0.218. The molecule has 2 saturated heterocycles. The summed E-state index contributed by atoms with van der Waals surface area (Å²) in [6, 6.07) is 0.719. The second-order valence-electron chi connectivity index (χ2n) is 5.61. The smallest absolute Gasteiger partial charge is 0.221 e. The Kier molecular flexibility index (Phi) is 4.40. The van der Waals surface area contributed by atoms with Crippen molar-refractivity contribution in [2.24, 2.45) is 11.7 Å². The average molecular weight is 239 g/mol. The first kappa shape index (κ1) is 12.8. The number of nitrogens with two attached hydrogens (primary N) is 1. The third-order valence-corrected chi connectivity index (χ3v) is 4.21. The quantitative estimate of drug-likeness (QED) is 0.746. The molecule has 98 valence electrons. The van der Waals surface area contributed by atoms with Crippen LogP contribution in [0, 0.1) is 5.92 Å². The van der Waals surface area contributed by atoms with Crippen LogP contribution in [0.3, 0.4) is 0 Å². The van der Waals surface area contributed by atoms with Gasteiger partial charge in [-0.2, -0.15) is 0 Å². The number of amides is 1. The Bertz CT molecular complexity index is 267. The van der Waals surface area contributed by atoms with E-state index in [0.29, 0.717) is 18.4 Å². The maximum atomic E-state index is 11.6. The Balaban J connectivity index is 1.93. The van der Waals surface area contributed by atoms with Gasteiger partial charge in [0.2, 0.25) is 5.91 Å². The van der Waals surface area contributed by atoms with E-state index >= 15 is 0 Å².